The van der Waals surface area contributed by atoms with E-state index in [0.717, 1.165) is 35.6 Å². The summed E-state index contributed by atoms with van der Waals surface area (Å²) in [4.78, 5) is 22.6. The summed E-state index contributed by atoms with van der Waals surface area (Å²) in [6, 6.07) is 6.43. The number of nitrogens with one attached hydrogen (secondary N) is 1. The number of imidazole rings is 1. The fourth-order valence-electron chi connectivity index (χ4n) is 3.79. The van der Waals surface area contributed by atoms with Crippen LogP contribution in [0.1, 0.15) is 31.2 Å². The van der Waals surface area contributed by atoms with Crippen LogP contribution in [0.4, 0.5) is 0 Å². The Labute approximate surface area is 146 Å². The maximum absolute atomic E-state index is 12.7. The molecule has 2 aromatic rings. The van der Waals surface area contributed by atoms with Gasteiger partial charge in [-0.15, -0.1) is 0 Å². The third kappa shape index (κ3) is 3.17. The van der Waals surface area contributed by atoms with Gasteiger partial charge in [-0.05, 0) is 37.5 Å². The summed E-state index contributed by atoms with van der Waals surface area (Å²) in [5.41, 5.74) is 3.19. The maximum atomic E-state index is 12.7. The average molecular weight is 345 g/mol. The second-order valence-corrected chi connectivity index (χ2v) is 7.66. The van der Waals surface area contributed by atoms with Crippen LogP contribution in [-0.2, 0) is 9.53 Å². The minimum absolute atomic E-state index is 0.205. The van der Waals surface area contributed by atoms with Gasteiger partial charge in [0.15, 0.2) is 5.16 Å². The number of fused-ring (bicyclic) bond motifs is 2. The number of benzene rings is 1. The molecule has 1 aromatic heterocycles. The molecule has 0 unspecified atom stereocenters. The van der Waals surface area contributed by atoms with Gasteiger partial charge in [0.2, 0.25) is 5.91 Å². The second kappa shape index (κ2) is 6.76. The summed E-state index contributed by atoms with van der Waals surface area (Å²) >= 11 is 1.49. The lowest BCUT2D eigenvalue weighted by atomic mass is 9.90. The average Bonchev–Trinajstić information content (AvgIpc) is 3.01. The second-order valence-electron chi connectivity index (χ2n) is 6.70. The number of amides is 1. The molecule has 2 heterocycles. The van der Waals surface area contributed by atoms with E-state index in [0.29, 0.717) is 12.4 Å². The lowest BCUT2D eigenvalue weighted by molar-refractivity contribution is -0.146. The highest BCUT2D eigenvalue weighted by Crippen LogP contribution is 2.29. The van der Waals surface area contributed by atoms with Crippen molar-refractivity contribution in [2.75, 3.05) is 18.9 Å². The molecule has 1 N–H and O–H groups in total. The molecule has 0 bridgehead atoms. The van der Waals surface area contributed by atoms with Crippen LogP contribution in [0.3, 0.4) is 0 Å². The zero-order valence-electron chi connectivity index (χ0n) is 14.0. The van der Waals surface area contributed by atoms with Gasteiger partial charge >= 0.3 is 0 Å². The molecule has 128 valence electrons. The van der Waals surface area contributed by atoms with Crippen LogP contribution in [0.5, 0.6) is 0 Å². The minimum Gasteiger partial charge on any atom is -0.374 e. The van der Waals surface area contributed by atoms with Crippen LogP contribution < -0.4 is 0 Å². The number of aromatic amines is 1. The predicted molar refractivity (Wildman–Crippen MR) is 95.3 cm³/mol. The van der Waals surface area contributed by atoms with Gasteiger partial charge in [-0.2, -0.15) is 0 Å². The van der Waals surface area contributed by atoms with Crippen molar-refractivity contribution in [2.45, 2.75) is 49.9 Å². The van der Waals surface area contributed by atoms with Gasteiger partial charge in [-0.1, -0.05) is 30.7 Å². The van der Waals surface area contributed by atoms with E-state index in [1.807, 2.05) is 11.0 Å². The highest BCUT2D eigenvalue weighted by Gasteiger charge is 2.36. The molecular weight excluding hydrogens is 322 g/mol. The van der Waals surface area contributed by atoms with Crippen LogP contribution in [-0.4, -0.2) is 51.8 Å². The number of aromatic nitrogens is 2. The van der Waals surface area contributed by atoms with Gasteiger partial charge in [-0.3, -0.25) is 4.79 Å². The van der Waals surface area contributed by atoms with Gasteiger partial charge in [0.1, 0.15) is 0 Å². The van der Waals surface area contributed by atoms with Crippen molar-refractivity contribution in [3.05, 3.63) is 23.8 Å². The van der Waals surface area contributed by atoms with Crippen molar-refractivity contribution in [3.63, 3.8) is 0 Å². The highest BCUT2D eigenvalue weighted by molar-refractivity contribution is 7.99. The van der Waals surface area contributed by atoms with Crippen molar-refractivity contribution < 1.29 is 9.53 Å². The van der Waals surface area contributed by atoms with Gasteiger partial charge in [-0.25, -0.2) is 4.98 Å². The molecule has 1 aromatic carbocycles. The molecule has 24 heavy (non-hydrogen) atoms. The lowest BCUT2D eigenvalue weighted by Crippen LogP contribution is -2.55. The molecule has 4 rings (SSSR count). The third-order valence-electron chi connectivity index (χ3n) is 5.00. The molecule has 2 atom stereocenters. The van der Waals surface area contributed by atoms with E-state index < -0.39 is 0 Å². The first-order valence-electron chi connectivity index (χ1n) is 8.71. The van der Waals surface area contributed by atoms with Gasteiger partial charge in [0, 0.05) is 6.54 Å². The first kappa shape index (κ1) is 16.0. The standard InChI is InChI=1S/C18H23N3O2S/c1-12-6-7-13-14(10-12)20-18(19-13)24-11-17(22)21-8-9-23-16-5-3-2-4-15(16)21/h6-7,10,15-16H,2-5,8-9,11H2,1H3,(H,19,20)/t15-,16+/m0/s1. The van der Waals surface area contributed by atoms with Crippen LogP contribution in [0.15, 0.2) is 23.4 Å². The Morgan fingerprint density at radius 2 is 2.29 bits per heavy atom. The minimum atomic E-state index is 0.205. The Hall–Kier alpha value is -1.53. The molecule has 1 aliphatic heterocycles. The zero-order chi connectivity index (χ0) is 16.5. The van der Waals surface area contributed by atoms with Crippen LogP contribution >= 0.6 is 11.8 Å². The van der Waals surface area contributed by atoms with E-state index >= 15 is 0 Å². The summed E-state index contributed by atoms with van der Waals surface area (Å²) < 4.78 is 5.86. The quantitative estimate of drug-likeness (QED) is 0.868. The molecule has 2 aliphatic rings. The Morgan fingerprint density at radius 1 is 1.42 bits per heavy atom. The first-order valence-corrected chi connectivity index (χ1v) is 9.69. The summed E-state index contributed by atoms with van der Waals surface area (Å²) in [7, 11) is 0. The van der Waals surface area contributed by atoms with Gasteiger partial charge < -0.3 is 14.6 Å². The van der Waals surface area contributed by atoms with Crippen molar-refractivity contribution in [2.24, 2.45) is 0 Å². The van der Waals surface area contributed by atoms with Gasteiger partial charge in [0.05, 0.1) is 35.5 Å². The number of ether oxygens (including phenoxy) is 1. The van der Waals surface area contributed by atoms with E-state index in [9.17, 15) is 4.79 Å². The van der Waals surface area contributed by atoms with Crippen molar-refractivity contribution in [3.8, 4) is 0 Å². The largest absolute Gasteiger partial charge is 0.374 e. The third-order valence-corrected chi connectivity index (χ3v) is 5.86. The number of hydrogen-bond donors (Lipinski definition) is 1. The molecular formula is C18H23N3O2S. The lowest BCUT2D eigenvalue weighted by Gasteiger charge is -2.43. The van der Waals surface area contributed by atoms with E-state index in [2.05, 4.69) is 29.0 Å². The van der Waals surface area contributed by atoms with Crippen molar-refractivity contribution >= 4 is 28.7 Å². The topological polar surface area (TPSA) is 58.2 Å². The molecule has 1 amide bonds. The zero-order valence-corrected chi connectivity index (χ0v) is 14.8. The Morgan fingerprint density at radius 3 is 3.21 bits per heavy atom. The fraction of sp³-hybridized carbons (Fsp3) is 0.556. The van der Waals surface area contributed by atoms with Crippen molar-refractivity contribution in [1.82, 2.24) is 14.9 Å². The summed E-state index contributed by atoms with van der Waals surface area (Å²) in [6.07, 6.45) is 4.83. The summed E-state index contributed by atoms with van der Waals surface area (Å²) in [5, 5.41) is 0.817. The molecule has 0 spiro atoms. The number of carbonyl (C=O) groups is 1. The van der Waals surface area contributed by atoms with Crippen LogP contribution in [0.2, 0.25) is 0 Å². The number of rotatable bonds is 3. The normalized spacial score (nSPS) is 24.1. The summed E-state index contributed by atoms with van der Waals surface area (Å²) in [5.74, 6) is 0.638. The smallest absolute Gasteiger partial charge is 0.233 e. The SMILES string of the molecule is Cc1ccc2nc(SCC(=O)N3CCO[C@@H]4CCCC[C@@H]43)[nH]c2c1. The monoisotopic (exact) mass is 345 g/mol. The number of nitrogens with zero attached hydrogens (tertiary/aromatic N) is 2. The molecule has 0 radical (unpaired) electrons. The number of thioether (sulfide) groups is 1. The maximum Gasteiger partial charge on any atom is 0.233 e. The van der Waals surface area contributed by atoms with Crippen molar-refractivity contribution in [1.29, 1.82) is 0 Å². The number of H-pyrrole nitrogens is 1. The van der Waals surface area contributed by atoms with Gasteiger partial charge in [0.25, 0.3) is 0 Å². The molecule has 1 saturated carbocycles. The summed E-state index contributed by atoms with van der Waals surface area (Å²) in [6.45, 7) is 3.46. The molecule has 6 heteroatoms. The van der Waals surface area contributed by atoms with Crippen LogP contribution in [0, 0.1) is 6.92 Å². The molecule has 1 saturated heterocycles. The Balaban J connectivity index is 1.41. The highest BCUT2D eigenvalue weighted by atomic mass is 32.2. The van der Waals surface area contributed by atoms with E-state index in [4.69, 9.17) is 4.74 Å². The predicted octanol–water partition coefficient (Wildman–Crippen LogP) is 3.13. The number of aryl methyl sites for hydroxylation is 1. The number of hydrogen-bond acceptors (Lipinski definition) is 4. The Kier molecular flexibility index (Phi) is 4.50. The fourth-order valence-corrected chi connectivity index (χ4v) is 4.56. The van der Waals surface area contributed by atoms with Crippen LogP contribution in [0.25, 0.3) is 11.0 Å². The Bertz CT molecular complexity index is 743. The molecule has 2 fully saturated rings. The van der Waals surface area contributed by atoms with E-state index in [-0.39, 0.29) is 18.1 Å². The van der Waals surface area contributed by atoms with E-state index in [1.165, 1.54) is 30.2 Å². The first-order chi connectivity index (χ1) is 11.7. The van der Waals surface area contributed by atoms with E-state index in [1.54, 1.807) is 0 Å². The molecule has 1 aliphatic carbocycles. The number of morpholine rings is 1. The number of carbonyl (C=O) groups excluding carboxylic acids is 1. The molecule has 5 nitrogen and oxygen atoms in total.